The second kappa shape index (κ2) is 7.30. The lowest BCUT2D eigenvalue weighted by Gasteiger charge is -2.36. The van der Waals surface area contributed by atoms with Gasteiger partial charge in [0.15, 0.2) is 0 Å². The highest BCUT2D eigenvalue weighted by Gasteiger charge is 2.36. The molecule has 2 atom stereocenters. The maximum atomic E-state index is 11.4. The second-order valence-corrected chi connectivity index (χ2v) is 6.43. The van der Waals surface area contributed by atoms with Gasteiger partial charge < -0.3 is 9.84 Å². The molecule has 0 aliphatic rings. The van der Waals surface area contributed by atoms with Crippen molar-refractivity contribution in [3.05, 3.63) is 64.1 Å². The number of hydrogen-bond acceptors (Lipinski definition) is 2. The molecule has 0 radical (unpaired) electrons. The van der Waals surface area contributed by atoms with Crippen molar-refractivity contribution in [2.24, 2.45) is 0 Å². The summed E-state index contributed by atoms with van der Waals surface area (Å²) >= 11 is 3.47. The van der Waals surface area contributed by atoms with Gasteiger partial charge in [-0.1, -0.05) is 54.0 Å². The van der Waals surface area contributed by atoms with Crippen molar-refractivity contribution in [3.63, 3.8) is 0 Å². The Hall–Kier alpha value is -1.32. The van der Waals surface area contributed by atoms with E-state index in [1.807, 2.05) is 43.3 Å². The molecule has 2 aromatic carbocycles. The lowest BCUT2D eigenvalue weighted by atomic mass is 9.74. The first-order chi connectivity index (χ1) is 10.5. The van der Waals surface area contributed by atoms with Gasteiger partial charge in [0, 0.05) is 10.4 Å². The molecule has 0 saturated heterocycles. The smallest absolute Gasteiger partial charge is 0.118 e. The topological polar surface area (TPSA) is 29.5 Å². The van der Waals surface area contributed by atoms with E-state index in [1.54, 1.807) is 7.11 Å². The molecule has 2 aromatic rings. The highest BCUT2D eigenvalue weighted by Crippen LogP contribution is 2.42. The molecule has 3 heteroatoms. The van der Waals surface area contributed by atoms with Crippen LogP contribution in [0.25, 0.3) is 0 Å². The Labute approximate surface area is 141 Å². The van der Waals surface area contributed by atoms with Crippen LogP contribution in [-0.4, -0.2) is 12.2 Å². The first-order valence-electron chi connectivity index (χ1n) is 7.67. The summed E-state index contributed by atoms with van der Waals surface area (Å²) < 4.78 is 6.26. The Morgan fingerprint density at radius 3 is 2.09 bits per heavy atom. The molecule has 0 aliphatic carbocycles. The van der Waals surface area contributed by atoms with E-state index in [0.29, 0.717) is 6.42 Å². The predicted octanol–water partition coefficient (Wildman–Crippen LogP) is 5.25. The van der Waals surface area contributed by atoms with Crippen LogP contribution >= 0.6 is 15.9 Å². The zero-order valence-electron chi connectivity index (χ0n) is 13.3. The van der Waals surface area contributed by atoms with Crippen LogP contribution in [0.4, 0.5) is 0 Å². The molecule has 22 heavy (non-hydrogen) atoms. The van der Waals surface area contributed by atoms with Gasteiger partial charge in [-0.05, 0) is 48.2 Å². The molecule has 1 N–H and O–H groups in total. The van der Waals surface area contributed by atoms with Gasteiger partial charge in [-0.15, -0.1) is 0 Å². The molecule has 118 valence electrons. The van der Waals surface area contributed by atoms with E-state index in [9.17, 15) is 5.11 Å². The number of aliphatic hydroxyl groups is 1. The van der Waals surface area contributed by atoms with Crippen LogP contribution in [-0.2, 0) is 5.60 Å². The molecule has 0 aliphatic heterocycles. The maximum Gasteiger partial charge on any atom is 0.118 e. The van der Waals surface area contributed by atoms with Crippen LogP contribution in [0.1, 0.15) is 43.7 Å². The van der Waals surface area contributed by atoms with Crippen molar-refractivity contribution < 1.29 is 9.84 Å². The zero-order chi connectivity index (χ0) is 16.2. The van der Waals surface area contributed by atoms with Gasteiger partial charge in [0.25, 0.3) is 0 Å². The van der Waals surface area contributed by atoms with E-state index < -0.39 is 5.60 Å². The van der Waals surface area contributed by atoms with Crippen molar-refractivity contribution in [3.8, 4) is 5.75 Å². The van der Waals surface area contributed by atoms with E-state index in [1.165, 1.54) is 0 Å². The Balaban J connectivity index is 2.42. The number of methoxy groups -OCH3 is 1. The molecule has 0 heterocycles. The Morgan fingerprint density at radius 2 is 1.64 bits per heavy atom. The summed E-state index contributed by atoms with van der Waals surface area (Å²) in [5, 5.41) is 11.4. The SMILES string of the molecule is CC[C@@H](c1ccc(Br)cc1)[C@@](O)(CC)c1ccc(OC)cc1. The van der Waals surface area contributed by atoms with E-state index in [0.717, 1.165) is 27.8 Å². The molecule has 0 unspecified atom stereocenters. The van der Waals surface area contributed by atoms with Crippen molar-refractivity contribution in [2.75, 3.05) is 7.11 Å². The lowest BCUT2D eigenvalue weighted by Crippen LogP contribution is -2.32. The molecule has 2 rings (SSSR count). The fraction of sp³-hybridized carbons (Fsp3) is 0.368. The van der Waals surface area contributed by atoms with Crippen LogP contribution in [0.5, 0.6) is 5.75 Å². The molecule has 2 nitrogen and oxygen atoms in total. The minimum absolute atomic E-state index is 0.0546. The minimum atomic E-state index is -0.880. The van der Waals surface area contributed by atoms with Crippen LogP contribution in [0, 0.1) is 0 Å². The third-order valence-corrected chi connectivity index (χ3v) is 4.91. The highest BCUT2D eigenvalue weighted by atomic mass is 79.9. The molecule has 0 fully saturated rings. The number of rotatable bonds is 6. The van der Waals surface area contributed by atoms with Crippen LogP contribution < -0.4 is 4.74 Å². The van der Waals surface area contributed by atoms with Gasteiger partial charge in [-0.25, -0.2) is 0 Å². The standard InChI is InChI=1S/C19H23BrO2/c1-4-18(14-6-10-16(20)11-7-14)19(21,5-2)15-8-12-17(22-3)13-9-15/h6-13,18,21H,4-5H2,1-3H3/t18-,19+/m0/s1. The fourth-order valence-electron chi connectivity index (χ4n) is 3.08. The second-order valence-electron chi connectivity index (χ2n) is 5.52. The summed E-state index contributed by atoms with van der Waals surface area (Å²) in [7, 11) is 1.65. The van der Waals surface area contributed by atoms with Gasteiger partial charge in [0.2, 0.25) is 0 Å². The van der Waals surface area contributed by atoms with Crippen molar-refractivity contribution in [1.29, 1.82) is 0 Å². The third kappa shape index (κ3) is 3.36. The van der Waals surface area contributed by atoms with Crippen LogP contribution in [0.15, 0.2) is 53.0 Å². The minimum Gasteiger partial charge on any atom is -0.497 e. The molecule has 0 aromatic heterocycles. The molecule has 0 spiro atoms. The number of hydrogen-bond donors (Lipinski definition) is 1. The Kier molecular flexibility index (Phi) is 5.65. The summed E-state index contributed by atoms with van der Waals surface area (Å²) in [5.41, 5.74) is 1.21. The average molecular weight is 363 g/mol. The molecule has 0 amide bonds. The van der Waals surface area contributed by atoms with E-state index in [2.05, 4.69) is 35.0 Å². The van der Waals surface area contributed by atoms with Crippen LogP contribution in [0.2, 0.25) is 0 Å². The Bertz CT molecular complexity index is 592. The molecule has 0 bridgehead atoms. The quantitative estimate of drug-likeness (QED) is 0.760. The zero-order valence-corrected chi connectivity index (χ0v) is 14.9. The summed E-state index contributed by atoms with van der Waals surface area (Å²) in [4.78, 5) is 0. The van der Waals surface area contributed by atoms with Crippen LogP contribution in [0.3, 0.4) is 0 Å². The molecular formula is C19H23BrO2. The monoisotopic (exact) mass is 362 g/mol. The summed E-state index contributed by atoms with van der Waals surface area (Å²) in [6.45, 7) is 4.16. The molecular weight excluding hydrogens is 340 g/mol. The predicted molar refractivity (Wildman–Crippen MR) is 94.4 cm³/mol. The van der Waals surface area contributed by atoms with E-state index in [-0.39, 0.29) is 5.92 Å². The van der Waals surface area contributed by atoms with E-state index >= 15 is 0 Å². The summed E-state index contributed by atoms with van der Waals surface area (Å²) in [6, 6.07) is 16.0. The highest BCUT2D eigenvalue weighted by molar-refractivity contribution is 9.10. The van der Waals surface area contributed by atoms with E-state index in [4.69, 9.17) is 4.74 Å². The largest absolute Gasteiger partial charge is 0.497 e. The first-order valence-corrected chi connectivity index (χ1v) is 8.46. The van der Waals surface area contributed by atoms with Crippen molar-refractivity contribution in [1.82, 2.24) is 0 Å². The van der Waals surface area contributed by atoms with Gasteiger partial charge in [-0.3, -0.25) is 0 Å². The van der Waals surface area contributed by atoms with Crippen molar-refractivity contribution >= 4 is 15.9 Å². The maximum absolute atomic E-state index is 11.4. The normalized spacial score (nSPS) is 15.1. The lowest BCUT2D eigenvalue weighted by molar-refractivity contribution is 0.00144. The first kappa shape index (κ1) is 17.0. The van der Waals surface area contributed by atoms with Gasteiger partial charge in [-0.2, -0.15) is 0 Å². The van der Waals surface area contributed by atoms with Gasteiger partial charge >= 0.3 is 0 Å². The molecule has 0 saturated carbocycles. The van der Waals surface area contributed by atoms with Crippen molar-refractivity contribution in [2.45, 2.75) is 38.2 Å². The number of halogens is 1. The average Bonchev–Trinajstić information content (AvgIpc) is 2.57. The fourth-order valence-corrected chi connectivity index (χ4v) is 3.34. The number of benzene rings is 2. The number of ether oxygens (including phenoxy) is 1. The summed E-state index contributed by atoms with van der Waals surface area (Å²) in [5.74, 6) is 0.859. The Morgan fingerprint density at radius 1 is 1.05 bits per heavy atom. The summed E-state index contributed by atoms with van der Waals surface area (Å²) in [6.07, 6.45) is 1.53. The third-order valence-electron chi connectivity index (χ3n) is 4.39. The van der Waals surface area contributed by atoms with Gasteiger partial charge in [0.1, 0.15) is 5.75 Å². The van der Waals surface area contributed by atoms with Gasteiger partial charge in [0.05, 0.1) is 12.7 Å².